The molecule has 49 heavy (non-hydrogen) atoms. The number of hydrogen-bond acceptors (Lipinski definition) is 11. The van der Waals surface area contributed by atoms with Crippen LogP contribution in [0.25, 0.3) is 11.4 Å². The molecule has 3 saturated heterocycles. The Morgan fingerprint density at radius 3 is 2.49 bits per heavy atom. The Labute approximate surface area is 280 Å². The van der Waals surface area contributed by atoms with Crippen LogP contribution < -0.4 is 4.74 Å². The molecule has 2 aromatic carbocycles. The van der Waals surface area contributed by atoms with Crippen molar-refractivity contribution in [2.75, 3.05) is 51.8 Å². The molecule has 6 rings (SSSR count). The van der Waals surface area contributed by atoms with Gasteiger partial charge in [0.15, 0.2) is 9.84 Å². The molecule has 0 unspecified atom stereocenters. The number of imide groups is 1. The number of benzene rings is 2. The van der Waals surface area contributed by atoms with Crippen molar-refractivity contribution < 1.29 is 49.9 Å². The van der Waals surface area contributed by atoms with Crippen molar-refractivity contribution >= 4 is 21.8 Å². The molecule has 3 aromatic rings. The largest absolute Gasteiger partial charge is 0.455 e. The first-order valence-corrected chi connectivity index (χ1v) is 17.5. The maximum absolute atomic E-state index is 14.3. The number of aromatic nitrogens is 2. The van der Waals surface area contributed by atoms with E-state index in [1.807, 2.05) is 0 Å². The van der Waals surface area contributed by atoms with E-state index >= 15 is 0 Å². The summed E-state index contributed by atoms with van der Waals surface area (Å²) < 4.78 is 91.0. The van der Waals surface area contributed by atoms with Crippen molar-refractivity contribution in [3.63, 3.8) is 0 Å². The van der Waals surface area contributed by atoms with Crippen molar-refractivity contribution in [2.24, 2.45) is 0 Å². The molecule has 17 heteroatoms. The van der Waals surface area contributed by atoms with Gasteiger partial charge in [0.1, 0.15) is 28.5 Å². The lowest BCUT2D eigenvalue weighted by molar-refractivity contribution is -0.138. The van der Waals surface area contributed by atoms with E-state index in [2.05, 4.69) is 15.0 Å². The highest BCUT2D eigenvalue weighted by atomic mass is 32.2. The van der Waals surface area contributed by atoms with Gasteiger partial charge in [-0.25, -0.2) is 13.2 Å². The number of halogens is 3. The molecule has 3 aliphatic heterocycles. The third kappa shape index (κ3) is 7.44. The molecular formula is C32H36F3N5O8S. The zero-order chi connectivity index (χ0) is 35.0. The molecule has 1 aromatic heterocycles. The lowest BCUT2D eigenvalue weighted by atomic mass is 10.0. The standard InChI is InChI=1S/C32H36F3N5O8S/c1-31(2)29(41)39(30(42)40(31)12-11-38-13-16-45-17-14-38)19-27-36-28(37-48-27)21-9-10-24(23(18-21)32(33,34)35)47-25-7-3-4-8-26(25)49(43,44)20-22-6-5-15-46-22/h3-4,7-10,18,22H,5-6,11-17,19-20H2,1-2H3/t22-/m1/s1. The minimum absolute atomic E-state index is 0.0829. The molecule has 264 valence electrons. The first-order valence-electron chi connectivity index (χ1n) is 15.8. The number of carbonyl (C=O) groups excluding carboxylic acids is 2. The molecule has 1 atom stereocenters. The van der Waals surface area contributed by atoms with Crippen LogP contribution >= 0.6 is 0 Å². The molecular weight excluding hydrogens is 671 g/mol. The zero-order valence-electron chi connectivity index (χ0n) is 26.9. The average molecular weight is 708 g/mol. The predicted molar refractivity (Wildman–Crippen MR) is 166 cm³/mol. The predicted octanol–water partition coefficient (Wildman–Crippen LogP) is 4.38. The summed E-state index contributed by atoms with van der Waals surface area (Å²) in [7, 11) is -3.95. The van der Waals surface area contributed by atoms with Crippen LogP contribution in [0.3, 0.4) is 0 Å². The fourth-order valence-corrected chi connectivity index (χ4v) is 7.70. The van der Waals surface area contributed by atoms with Gasteiger partial charge >= 0.3 is 12.2 Å². The van der Waals surface area contributed by atoms with Gasteiger partial charge in [-0.15, -0.1) is 0 Å². The molecule has 0 saturated carbocycles. The van der Waals surface area contributed by atoms with Crippen LogP contribution in [0.5, 0.6) is 11.5 Å². The Kier molecular flexibility index (Phi) is 9.72. The van der Waals surface area contributed by atoms with E-state index < -0.39 is 50.9 Å². The molecule has 0 aliphatic carbocycles. The van der Waals surface area contributed by atoms with Gasteiger partial charge in [0.05, 0.1) is 30.6 Å². The first kappa shape index (κ1) is 34.8. The highest BCUT2D eigenvalue weighted by Crippen LogP contribution is 2.41. The van der Waals surface area contributed by atoms with Crippen molar-refractivity contribution in [1.29, 1.82) is 0 Å². The van der Waals surface area contributed by atoms with E-state index in [9.17, 15) is 31.2 Å². The van der Waals surface area contributed by atoms with Crippen molar-refractivity contribution in [1.82, 2.24) is 24.8 Å². The summed E-state index contributed by atoms with van der Waals surface area (Å²) in [5.41, 5.74) is -2.42. The van der Waals surface area contributed by atoms with Crippen LogP contribution in [0.2, 0.25) is 0 Å². The van der Waals surface area contributed by atoms with Gasteiger partial charge in [-0.3, -0.25) is 14.6 Å². The number of para-hydroxylation sites is 1. The highest BCUT2D eigenvalue weighted by molar-refractivity contribution is 7.91. The van der Waals surface area contributed by atoms with E-state index in [0.717, 1.165) is 36.5 Å². The summed E-state index contributed by atoms with van der Waals surface area (Å²) in [6.07, 6.45) is -4.12. The second kappa shape index (κ2) is 13.7. The fraction of sp³-hybridized carbons (Fsp3) is 0.500. The van der Waals surface area contributed by atoms with E-state index in [1.54, 1.807) is 13.8 Å². The normalized spacial score (nSPS) is 20.4. The summed E-state index contributed by atoms with van der Waals surface area (Å²) in [5, 5.41) is 3.80. The highest BCUT2D eigenvalue weighted by Gasteiger charge is 2.51. The second-order valence-corrected chi connectivity index (χ2v) is 14.5. The van der Waals surface area contributed by atoms with Gasteiger partial charge in [-0.1, -0.05) is 17.3 Å². The summed E-state index contributed by atoms with van der Waals surface area (Å²) in [6.45, 7) is 6.87. The van der Waals surface area contributed by atoms with Crippen molar-refractivity contribution in [3.8, 4) is 22.9 Å². The molecule has 13 nitrogen and oxygen atoms in total. The summed E-state index contributed by atoms with van der Waals surface area (Å²) in [4.78, 5) is 35.1. The van der Waals surface area contributed by atoms with Crippen LogP contribution in [0.4, 0.5) is 18.0 Å². The molecule has 3 amide bonds. The Hall–Kier alpha value is -4.06. The maximum Gasteiger partial charge on any atom is 0.420 e. The molecule has 4 heterocycles. The van der Waals surface area contributed by atoms with Crippen molar-refractivity contribution in [3.05, 3.63) is 53.9 Å². The number of rotatable bonds is 11. The van der Waals surface area contributed by atoms with Gasteiger partial charge < -0.3 is 23.6 Å². The Bertz CT molecular complexity index is 1800. The van der Waals surface area contributed by atoms with E-state index in [0.29, 0.717) is 39.3 Å². The number of carbonyl (C=O) groups is 2. The topological polar surface area (TPSA) is 145 Å². The quantitative estimate of drug-likeness (QED) is 0.262. The fourth-order valence-electron chi connectivity index (χ4n) is 6.07. The number of urea groups is 1. The van der Waals surface area contributed by atoms with Gasteiger partial charge in [-0.05, 0) is 57.0 Å². The van der Waals surface area contributed by atoms with Crippen LogP contribution in [-0.4, -0.2) is 109 Å². The Morgan fingerprint density at radius 1 is 1.02 bits per heavy atom. The molecule has 0 bridgehead atoms. The summed E-state index contributed by atoms with van der Waals surface area (Å²) in [5.74, 6) is -2.05. The molecule has 3 fully saturated rings. The zero-order valence-corrected chi connectivity index (χ0v) is 27.8. The number of sulfone groups is 1. The van der Waals surface area contributed by atoms with Gasteiger partial charge in [0, 0.05) is 38.3 Å². The lowest BCUT2D eigenvalue weighted by Crippen LogP contribution is -2.48. The second-order valence-electron chi connectivity index (χ2n) is 12.5. The minimum atomic E-state index is -4.91. The van der Waals surface area contributed by atoms with Gasteiger partial charge in [0.2, 0.25) is 11.7 Å². The number of morpholine rings is 1. The number of nitrogens with zero attached hydrogens (tertiary/aromatic N) is 5. The van der Waals surface area contributed by atoms with E-state index in [4.69, 9.17) is 18.7 Å². The maximum atomic E-state index is 14.3. The number of alkyl halides is 3. The SMILES string of the molecule is CC1(C)C(=O)N(Cc2nc(-c3ccc(Oc4ccccc4S(=O)(=O)C[C@H]4CCCO4)c(C(F)(F)F)c3)no2)C(=O)N1CCN1CCOCC1. The van der Waals surface area contributed by atoms with E-state index in [1.165, 1.54) is 35.2 Å². The smallest absolute Gasteiger partial charge is 0.420 e. The summed E-state index contributed by atoms with van der Waals surface area (Å²) in [6, 6.07) is 8.02. The molecule has 0 N–H and O–H groups in total. The monoisotopic (exact) mass is 707 g/mol. The van der Waals surface area contributed by atoms with Crippen molar-refractivity contribution in [2.45, 2.75) is 55.9 Å². The van der Waals surface area contributed by atoms with Crippen LogP contribution in [0.15, 0.2) is 51.9 Å². The Morgan fingerprint density at radius 2 is 1.78 bits per heavy atom. The van der Waals surface area contributed by atoms with Gasteiger partial charge in [-0.2, -0.15) is 18.2 Å². The number of hydrogen-bond donors (Lipinski definition) is 0. The van der Waals surface area contributed by atoms with Crippen LogP contribution in [0, 0.1) is 0 Å². The first-order chi connectivity index (χ1) is 23.2. The number of ether oxygens (including phenoxy) is 3. The average Bonchev–Trinajstić information content (AvgIpc) is 3.78. The third-order valence-corrected chi connectivity index (χ3v) is 10.6. The molecule has 3 aliphatic rings. The lowest BCUT2D eigenvalue weighted by Gasteiger charge is -2.32. The third-order valence-electron chi connectivity index (χ3n) is 8.79. The van der Waals surface area contributed by atoms with E-state index in [-0.39, 0.29) is 40.2 Å². The summed E-state index contributed by atoms with van der Waals surface area (Å²) >= 11 is 0. The number of amides is 3. The minimum Gasteiger partial charge on any atom is -0.455 e. The van der Waals surface area contributed by atoms with Crippen LogP contribution in [0.1, 0.15) is 38.1 Å². The van der Waals surface area contributed by atoms with Gasteiger partial charge in [0.25, 0.3) is 5.91 Å². The van der Waals surface area contributed by atoms with Crippen LogP contribution in [-0.2, 0) is 36.8 Å². The molecule has 0 radical (unpaired) electrons. The Balaban J connectivity index is 1.19. The molecule has 0 spiro atoms.